The minimum atomic E-state index is -0.165. The first kappa shape index (κ1) is 26.4. The van der Waals surface area contributed by atoms with E-state index in [0.717, 1.165) is 35.5 Å². The lowest BCUT2D eigenvalue weighted by molar-refractivity contribution is -0.138. The molecule has 0 N–H and O–H groups in total. The summed E-state index contributed by atoms with van der Waals surface area (Å²) in [6.45, 7) is 4.53. The first-order valence-corrected chi connectivity index (χ1v) is 12.5. The van der Waals surface area contributed by atoms with Gasteiger partial charge in [0, 0.05) is 32.7 Å². The number of ether oxygens (including phenoxy) is 3. The summed E-state index contributed by atoms with van der Waals surface area (Å²) in [5.41, 5.74) is 3.74. The van der Waals surface area contributed by atoms with Gasteiger partial charge in [0.05, 0.1) is 38.1 Å². The number of nitrogens with zero attached hydrogens (tertiary/aromatic N) is 3. The van der Waals surface area contributed by atoms with Crippen molar-refractivity contribution in [3.05, 3.63) is 101 Å². The molecule has 192 valence electrons. The summed E-state index contributed by atoms with van der Waals surface area (Å²) in [5, 5.41) is 9.04. The number of piperazine rings is 1. The zero-order valence-corrected chi connectivity index (χ0v) is 21.2. The molecule has 0 radical (unpaired) electrons. The van der Waals surface area contributed by atoms with Gasteiger partial charge in [-0.3, -0.25) is 9.69 Å². The lowest BCUT2D eigenvalue weighted by Crippen LogP contribution is -2.50. The zero-order valence-electron chi connectivity index (χ0n) is 21.2. The third kappa shape index (κ3) is 7.89. The van der Waals surface area contributed by atoms with Crippen LogP contribution in [-0.2, 0) is 27.5 Å². The standard InChI is InChI=1S/C30H33N3O4/c1-35-28-9-5-8-27(18-28)29(37-22-26-12-10-24(19-31)11-13-26)20-32-14-16-33(17-15-32)30(34)23-36-21-25-6-3-2-4-7-25/h2-13,18,29H,14-17,20-23H2,1H3/t29-/m0/s1. The largest absolute Gasteiger partial charge is 0.497 e. The van der Waals surface area contributed by atoms with Crippen LogP contribution in [0.3, 0.4) is 0 Å². The maximum absolute atomic E-state index is 12.6. The lowest BCUT2D eigenvalue weighted by atomic mass is 10.1. The fourth-order valence-electron chi connectivity index (χ4n) is 4.30. The van der Waals surface area contributed by atoms with E-state index in [-0.39, 0.29) is 18.6 Å². The van der Waals surface area contributed by atoms with E-state index in [9.17, 15) is 4.79 Å². The van der Waals surface area contributed by atoms with Crippen LogP contribution in [0.25, 0.3) is 0 Å². The number of hydrogen-bond acceptors (Lipinski definition) is 6. The maximum Gasteiger partial charge on any atom is 0.248 e. The van der Waals surface area contributed by atoms with Crippen LogP contribution in [0.5, 0.6) is 5.75 Å². The second-order valence-electron chi connectivity index (χ2n) is 9.04. The molecule has 0 saturated carbocycles. The van der Waals surface area contributed by atoms with Gasteiger partial charge in [-0.05, 0) is 41.0 Å². The topological polar surface area (TPSA) is 75.0 Å². The summed E-state index contributed by atoms with van der Waals surface area (Å²) >= 11 is 0. The van der Waals surface area contributed by atoms with Crippen LogP contribution in [-0.4, -0.2) is 62.1 Å². The number of benzene rings is 3. The van der Waals surface area contributed by atoms with Gasteiger partial charge in [0.25, 0.3) is 0 Å². The summed E-state index contributed by atoms with van der Waals surface area (Å²) in [7, 11) is 1.66. The molecular weight excluding hydrogens is 466 g/mol. The van der Waals surface area contributed by atoms with E-state index in [1.165, 1.54) is 0 Å². The van der Waals surface area contributed by atoms with E-state index in [0.29, 0.717) is 38.4 Å². The molecule has 0 aliphatic carbocycles. The molecular formula is C30H33N3O4. The van der Waals surface area contributed by atoms with E-state index in [1.54, 1.807) is 19.2 Å². The molecule has 1 heterocycles. The Morgan fingerprint density at radius 3 is 2.35 bits per heavy atom. The van der Waals surface area contributed by atoms with Crippen LogP contribution in [0.1, 0.15) is 28.4 Å². The van der Waals surface area contributed by atoms with Gasteiger partial charge in [0.2, 0.25) is 5.91 Å². The van der Waals surface area contributed by atoms with Crippen LogP contribution in [0.15, 0.2) is 78.9 Å². The third-order valence-electron chi connectivity index (χ3n) is 6.49. The normalized spacial score (nSPS) is 14.6. The Hall–Kier alpha value is -3.70. The average molecular weight is 500 g/mol. The summed E-state index contributed by atoms with van der Waals surface area (Å²) in [5.74, 6) is 0.812. The Balaban J connectivity index is 1.30. The van der Waals surface area contributed by atoms with E-state index in [4.69, 9.17) is 19.5 Å². The number of methoxy groups -OCH3 is 1. The van der Waals surface area contributed by atoms with Crippen molar-refractivity contribution in [2.24, 2.45) is 0 Å². The molecule has 1 atom stereocenters. The molecule has 3 aromatic rings. The predicted molar refractivity (Wildman–Crippen MR) is 141 cm³/mol. The highest BCUT2D eigenvalue weighted by Gasteiger charge is 2.24. The molecule has 7 heteroatoms. The number of nitriles is 1. The van der Waals surface area contributed by atoms with E-state index in [1.807, 2.05) is 65.6 Å². The molecule has 0 aromatic heterocycles. The van der Waals surface area contributed by atoms with Crippen LogP contribution in [0.2, 0.25) is 0 Å². The van der Waals surface area contributed by atoms with Gasteiger partial charge in [-0.25, -0.2) is 0 Å². The minimum absolute atomic E-state index is 0.0250. The Labute approximate surface area is 218 Å². The zero-order chi connectivity index (χ0) is 25.9. The van der Waals surface area contributed by atoms with E-state index < -0.39 is 0 Å². The second kappa shape index (κ2) is 13.6. The van der Waals surface area contributed by atoms with Crippen molar-refractivity contribution in [1.82, 2.24) is 9.80 Å². The number of carbonyl (C=O) groups is 1. The predicted octanol–water partition coefficient (Wildman–Crippen LogP) is 4.19. The van der Waals surface area contributed by atoms with E-state index in [2.05, 4.69) is 17.0 Å². The Bertz CT molecular complexity index is 1170. The minimum Gasteiger partial charge on any atom is -0.497 e. The smallest absolute Gasteiger partial charge is 0.248 e. The highest BCUT2D eigenvalue weighted by molar-refractivity contribution is 5.77. The summed E-state index contributed by atoms with van der Waals surface area (Å²) in [6.07, 6.45) is -0.165. The second-order valence-corrected chi connectivity index (χ2v) is 9.04. The molecule has 1 amide bonds. The van der Waals surface area contributed by atoms with Crippen molar-refractivity contribution in [3.63, 3.8) is 0 Å². The van der Waals surface area contributed by atoms with Gasteiger partial charge >= 0.3 is 0 Å². The van der Waals surface area contributed by atoms with Gasteiger partial charge in [-0.2, -0.15) is 5.26 Å². The van der Waals surface area contributed by atoms with Crippen LogP contribution >= 0.6 is 0 Å². The molecule has 4 rings (SSSR count). The van der Waals surface area contributed by atoms with Crippen molar-refractivity contribution in [2.45, 2.75) is 19.3 Å². The van der Waals surface area contributed by atoms with Gasteiger partial charge in [0.15, 0.2) is 0 Å². The summed E-state index contributed by atoms with van der Waals surface area (Å²) in [4.78, 5) is 16.8. The summed E-state index contributed by atoms with van der Waals surface area (Å²) < 4.78 is 17.4. The van der Waals surface area contributed by atoms with Gasteiger partial charge in [0.1, 0.15) is 12.4 Å². The molecule has 37 heavy (non-hydrogen) atoms. The molecule has 3 aromatic carbocycles. The van der Waals surface area contributed by atoms with Gasteiger partial charge in [-0.1, -0.05) is 54.6 Å². The monoisotopic (exact) mass is 499 g/mol. The Morgan fingerprint density at radius 2 is 1.65 bits per heavy atom. The number of hydrogen-bond donors (Lipinski definition) is 0. The maximum atomic E-state index is 12.6. The van der Waals surface area contributed by atoms with Crippen LogP contribution in [0, 0.1) is 11.3 Å². The van der Waals surface area contributed by atoms with Crippen molar-refractivity contribution >= 4 is 5.91 Å². The van der Waals surface area contributed by atoms with Gasteiger partial charge in [-0.15, -0.1) is 0 Å². The van der Waals surface area contributed by atoms with Crippen molar-refractivity contribution < 1.29 is 19.0 Å². The van der Waals surface area contributed by atoms with Crippen LogP contribution < -0.4 is 4.74 Å². The van der Waals surface area contributed by atoms with E-state index >= 15 is 0 Å². The molecule has 1 aliphatic heterocycles. The molecule has 7 nitrogen and oxygen atoms in total. The quantitative estimate of drug-likeness (QED) is 0.394. The number of amides is 1. The summed E-state index contributed by atoms with van der Waals surface area (Å²) in [6, 6.07) is 27.4. The van der Waals surface area contributed by atoms with Crippen molar-refractivity contribution in [3.8, 4) is 11.8 Å². The van der Waals surface area contributed by atoms with Crippen LogP contribution in [0.4, 0.5) is 0 Å². The fraction of sp³-hybridized carbons (Fsp3) is 0.333. The highest BCUT2D eigenvalue weighted by Crippen LogP contribution is 2.25. The van der Waals surface area contributed by atoms with Crippen molar-refractivity contribution in [2.75, 3.05) is 46.4 Å². The fourth-order valence-corrected chi connectivity index (χ4v) is 4.30. The Morgan fingerprint density at radius 1 is 0.919 bits per heavy atom. The number of carbonyl (C=O) groups excluding carboxylic acids is 1. The molecule has 1 aliphatic rings. The highest BCUT2D eigenvalue weighted by atomic mass is 16.5. The van der Waals surface area contributed by atoms with Gasteiger partial charge < -0.3 is 19.1 Å². The third-order valence-corrected chi connectivity index (χ3v) is 6.49. The van der Waals surface area contributed by atoms with Crippen molar-refractivity contribution in [1.29, 1.82) is 5.26 Å². The molecule has 0 spiro atoms. The SMILES string of the molecule is COc1cccc([C@H](CN2CCN(C(=O)COCc3ccccc3)CC2)OCc2ccc(C#N)cc2)c1. The first-order valence-electron chi connectivity index (χ1n) is 12.5. The number of rotatable bonds is 11. The molecule has 1 fully saturated rings. The lowest BCUT2D eigenvalue weighted by Gasteiger charge is -2.36. The first-order chi connectivity index (χ1) is 18.1. The molecule has 0 bridgehead atoms. The molecule has 1 saturated heterocycles. The molecule has 0 unspecified atom stereocenters. The average Bonchev–Trinajstić information content (AvgIpc) is 2.96. The Kier molecular flexibility index (Phi) is 9.67.